The molecule has 2 aromatic rings. The lowest BCUT2D eigenvalue weighted by molar-refractivity contribution is -0.124. The van der Waals surface area contributed by atoms with Crippen molar-refractivity contribution in [1.29, 1.82) is 0 Å². The van der Waals surface area contributed by atoms with Gasteiger partial charge in [-0.05, 0) is 75.0 Å². The highest BCUT2D eigenvalue weighted by Gasteiger charge is 2.45. The Morgan fingerprint density at radius 3 is 2.63 bits per heavy atom. The predicted octanol–water partition coefficient (Wildman–Crippen LogP) is 2.30. The second-order valence-corrected chi connectivity index (χ2v) is 8.47. The molecular formula is C21H26N2O4. The minimum absolute atomic E-state index is 0.391. The molecule has 1 heterocycles. The van der Waals surface area contributed by atoms with Crippen molar-refractivity contribution in [1.82, 2.24) is 5.32 Å². The topological polar surface area (TPSA) is 106 Å². The fourth-order valence-corrected chi connectivity index (χ4v) is 4.51. The number of hydrogen-bond acceptors (Lipinski definition) is 4. The summed E-state index contributed by atoms with van der Waals surface area (Å²) < 4.78 is 5.74. The van der Waals surface area contributed by atoms with Crippen LogP contribution in [0.2, 0.25) is 0 Å². The van der Waals surface area contributed by atoms with Crippen molar-refractivity contribution in [2.24, 2.45) is 23.5 Å². The van der Waals surface area contributed by atoms with Crippen molar-refractivity contribution in [3.63, 3.8) is 0 Å². The van der Waals surface area contributed by atoms with Gasteiger partial charge in [-0.2, -0.15) is 0 Å². The molecule has 2 saturated carbocycles. The van der Waals surface area contributed by atoms with E-state index >= 15 is 0 Å². The van der Waals surface area contributed by atoms with E-state index in [-0.39, 0.29) is 0 Å². The molecule has 0 spiro atoms. The molecule has 0 bridgehead atoms. The normalized spacial score (nSPS) is 25.8. The van der Waals surface area contributed by atoms with Gasteiger partial charge in [0.2, 0.25) is 5.91 Å². The van der Waals surface area contributed by atoms with Crippen molar-refractivity contribution in [2.75, 3.05) is 6.61 Å². The number of nitrogens with one attached hydrogen (secondary N) is 1. The molecule has 144 valence electrons. The first kappa shape index (κ1) is 18.0. The summed E-state index contributed by atoms with van der Waals surface area (Å²) in [6, 6.07) is 5.99. The van der Waals surface area contributed by atoms with E-state index in [1.807, 2.05) is 12.1 Å². The fourth-order valence-electron chi connectivity index (χ4n) is 4.51. The molecule has 0 aliphatic heterocycles. The van der Waals surface area contributed by atoms with Gasteiger partial charge in [-0.1, -0.05) is 6.07 Å². The number of furan rings is 1. The summed E-state index contributed by atoms with van der Waals surface area (Å²) in [5.41, 5.74) is 6.04. The molecule has 4 atom stereocenters. The molecule has 1 unspecified atom stereocenters. The zero-order chi connectivity index (χ0) is 19.3. The summed E-state index contributed by atoms with van der Waals surface area (Å²) in [5, 5.41) is 12.8. The molecule has 1 aromatic heterocycles. The van der Waals surface area contributed by atoms with Gasteiger partial charge in [-0.3, -0.25) is 9.59 Å². The largest absolute Gasteiger partial charge is 0.461 e. The first-order chi connectivity index (χ1) is 12.8. The van der Waals surface area contributed by atoms with Gasteiger partial charge in [0.05, 0.1) is 12.2 Å². The number of carbonyl (C=O) groups is 2. The van der Waals surface area contributed by atoms with Crippen LogP contribution < -0.4 is 11.1 Å². The van der Waals surface area contributed by atoms with Crippen LogP contribution in [0.5, 0.6) is 0 Å². The molecule has 2 fully saturated rings. The number of hydrogen-bond donors (Lipinski definition) is 3. The molecule has 2 amide bonds. The summed E-state index contributed by atoms with van der Waals surface area (Å²) in [5.74, 6) is 1.84. The number of aliphatic hydroxyl groups is 1. The molecule has 0 saturated heterocycles. The maximum atomic E-state index is 12.8. The van der Waals surface area contributed by atoms with Gasteiger partial charge in [0, 0.05) is 5.39 Å². The molecule has 2 aliphatic carbocycles. The summed E-state index contributed by atoms with van der Waals surface area (Å²) in [6.45, 7) is 2.56. The van der Waals surface area contributed by atoms with Crippen molar-refractivity contribution in [3.05, 3.63) is 35.1 Å². The molecule has 0 radical (unpaired) electrons. The van der Waals surface area contributed by atoms with E-state index in [0.29, 0.717) is 16.9 Å². The van der Waals surface area contributed by atoms with Gasteiger partial charge >= 0.3 is 0 Å². The number of primary amides is 1. The van der Waals surface area contributed by atoms with Gasteiger partial charge in [0.15, 0.2) is 0 Å². The Bertz CT molecular complexity index is 908. The van der Waals surface area contributed by atoms with Crippen LogP contribution in [0.15, 0.2) is 22.6 Å². The van der Waals surface area contributed by atoms with Crippen molar-refractivity contribution in [3.8, 4) is 0 Å². The van der Waals surface area contributed by atoms with Gasteiger partial charge in [-0.25, -0.2) is 0 Å². The summed E-state index contributed by atoms with van der Waals surface area (Å²) in [6.07, 6.45) is 5.05. The van der Waals surface area contributed by atoms with Crippen molar-refractivity contribution < 1.29 is 19.1 Å². The number of fused-ring (bicyclic) bond motifs is 2. The maximum Gasteiger partial charge on any atom is 0.256 e. The molecular weight excluding hydrogens is 344 g/mol. The predicted molar refractivity (Wildman–Crippen MR) is 101 cm³/mol. The molecule has 6 heteroatoms. The number of aliphatic hydroxyl groups excluding tert-OH is 1. The number of benzene rings is 1. The van der Waals surface area contributed by atoms with Crippen molar-refractivity contribution in [2.45, 2.75) is 45.1 Å². The first-order valence-electron chi connectivity index (χ1n) is 9.56. The standard InChI is InChI=1S/C21H26N2O4/c1-11-18(19(25)23-21(2,10-24)20(22)26)16-8-12(3-4-17(16)27-11)5-13-6-14-9-15(14)7-13/h3-4,8,13-15,24H,5-7,9-10H2,1-2H3,(H2,22,26)(H,23,25)/t13?,14-,15+,21-/m0/s1. The molecule has 1 aromatic carbocycles. The molecule has 4 rings (SSSR count). The average Bonchev–Trinajstić information content (AvgIpc) is 3.08. The summed E-state index contributed by atoms with van der Waals surface area (Å²) >= 11 is 0. The number of amides is 2. The lowest BCUT2D eigenvalue weighted by atomic mass is 9.93. The third-order valence-electron chi connectivity index (χ3n) is 6.27. The van der Waals surface area contributed by atoms with Crippen LogP contribution >= 0.6 is 0 Å². The van der Waals surface area contributed by atoms with Crippen LogP contribution in [0.4, 0.5) is 0 Å². The second-order valence-electron chi connectivity index (χ2n) is 8.47. The Kier molecular flexibility index (Phi) is 4.26. The van der Waals surface area contributed by atoms with Gasteiger partial charge in [0.25, 0.3) is 5.91 Å². The van der Waals surface area contributed by atoms with Crippen molar-refractivity contribution >= 4 is 22.8 Å². The van der Waals surface area contributed by atoms with E-state index in [1.54, 1.807) is 6.92 Å². The fraction of sp³-hybridized carbons (Fsp3) is 0.524. The monoisotopic (exact) mass is 370 g/mol. The second kappa shape index (κ2) is 6.37. The highest BCUT2D eigenvalue weighted by atomic mass is 16.3. The zero-order valence-electron chi connectivity index (χ0n) is 15.7. The Morgan fingerprint density at radius 1 is 1.30 bits per heavy atom. The van der Waals surface area contributed by atoms with E-state index < -0.39 is 24.0 Å². The Hall–Kier alpha value is -2.34. The SMILES string of the molecule is Cc1oc2ccc(CC3C[C@@H]4C[C@@H]4C3)cc2c1C(=O)N[C@@](C)(CO)C(N)=O. The number of aryl methyl sites for hydroxylation is 1. The quantitative estimate of drug-likeness (QED) is 0.725. The molecule has 6 nitrogen and oxygen atoms in total. The number of carbonyl (C=O) groups excluding carboxylic acids is 2. The van der Waals surface area contributed by atoms with Gasteiger partial charge < -0.3 is 20.6 Å². The summed E-state index contributed by atoms with van der Waals surface area (Å²) in [7, 11) is 0. The van der Waals surface area contributed by atoms with E-state index in [0.717, 1.165) is 29.6 Å². The van der Waals surface area contributed by atoms with Crippen LogP contribution in [0.3, 0.4) is 0 Å². The average molecular weight is 370 g/mol. The Balaban J connectivity index is 1.61. The third kappa shape index (κ3) is 3.23. The highest BCUT2D eigenvalue weighted by molar-refractivity contribution is 6.09. The minimum atomic E-state index is -1.52. The first-order valence-corrected chi connectivity index (χ1v) is 9.56. The Morgan fingerprint density at radius 2 is 2.00 bits per heavy atom. The number of nitrogens with two attached hydrogens (primary N) is 1. The van der Waals surface area contributed by atoms with Crippen LogP contribution in [-0.4, -0.2) is 29.1 Å². The lowest BCUT2D eigenvalue weighted by Gasteiger charge is -2.24. The van der Waals surface area contributed by atoms with Gasteiger partial charge in [-0.15, -0.1) is 0 Å². The summed E-state index contributed by atoms with van der Waals surface area (Å²) in [4.78, 5) is 24.4. The molecule has 27 heavy (non-hydrogen) atoms. The van der Waals surface area contributed by atoms with E-state index in [2.05, 4.69) is 11.4 Å². The minimum Gasteiger partial charge on any atom is -0.461 e. The lowest BCUT2D eigenvalue weighted by Crippen LogP contribution is -2.57. The maximum absolute atomic E-state index is 12.8. The number of rotatable bonds is 6. The third-order valence-corrected chi connectivity index (χ3v) is 6.27. The van der Waals surface area contributed by atoms with Crippen LogP contribution in [0, 0.1) is 24.7 Å². The molecule has 2 aliphatic rings. The Labute approximate surface area is 158 Å². The highest BCUT2D eigenvalue weighted by Crippen LogP contribution is 2.55. The molecule has 4 N–H and O–H groups in total. The van der Waals surface area contributed by atoms with E-state index in [1.165, 1.54) is 31.7 Å². The van der Waals surface area contributed by atoms with Crippen LogP contribution in [0.25, 0.3) is 11.0 Å². The van der Waals surface area contributed by atoms with Crippen LogP contribution in [0.1, 0.15) is 47.9 Å². The smallest absolute Gasteiger partial charge is 0.256 e. The zero-order valence-corrected chi connectivity index (χ0v) is 15.7. The van der Waals surface area contributed by atoms with Gasteiger partial charge in [0.1, 0.15) is 16.9 Å². The van der Waals surface area contributed by atoms with Crippen LogP contribution in [-0.2, 0) is 11.2 Å². The van der Waals surface area contributed by atoms with E-state index in [9.17, 15) is 14.7 Å². The van der Waals surface area contributed by atoms with E-state index in [4.69, 9.17) is 10.2 Å².